The quantitative estimate of drug-likeness (QED) is 0.732. The first kappa shape index (κ1) is 8.09. The van der Waals surface area contributed by atoms with Crippen LogP contribution in [0.3, 0.4) is 0 Å². The molecule has 1 N–H and O–H groups in total. The largest absolute Gasteiger partial charge is 0.359 e. The molecule has 64 valence electrons. The predicted molar refractivity (Wildman–Crippen MR) is 56.9 cm³/mol. The minimum Gasteiger partial charge on any atom is -0.359 e. The Balaban J connectivity index is 2.44. The van der Waals surface area contributed by atoms with E-state index in [2.05, 4.69) is 16.2 Å². The summed E-state index contributed by atoms with van der Waals surface area (Å²) in [6.45, 7) is 0.516. The molecule has 0 atom stereocenters. The van der Waals surface area contributed by atoms with Gasteiger partial charge in [-0.05, 0) is 17.5 Å². The zero-order valence-electron chi connectivity index (χ0n) is 6.95. The summed E-state index contributed by atoms with van der Waals surface area (Å²) < 4.78 is 1.23. The van der Waals surface area contributed by atoms with Crippen molar-refractivity contribution in [1.29, 1.82) is 0 Å². The Morgan fingerprint density at radius 3 is 3.31 bits per heavy atom. The predicted octanol–water partition coefficient (Wildman–Crippen LogP) is 2.34. The van der Waals surface area contributed by atoms with Gasteiger partial charge in [0.2, 0.25) is 0 Å². The molecule has 2 rings (SSSR count). The number of rotatable bonds is 2. The fourth-order valence-electron chi connectivity index (χ4n) is 1.17. The van der Waals surface area contributed by atoms with Gasteiger partial charge in [-0.2, -0.15) is 0 Å². The Morgan fingerprint density at radius 1 is 1.54 bits per heavy atom. The molecule has 2 aromatic heterocycles. The highest BCUT2D eigenvalue weighted by Gasteiger charge is 2.00. The van der Waals surface area contributed by atoms with E-state index in [0.717, 1.165) is 11.2 Å². The fourth-order valence-corrected chi connectivity index (χ4v) is 1.95. The number of fused-ring (bicyclic) bond motifs is 1. The highest BCUT2D eigenvalue weighted by molar-refractivity contribution is 7.17. The van der Waals surface area contributed by atoms with Gasteiger partial charge in [-0.25, -0.2) is 4.98 Å². The van der Waals surface area contributed by atoms with E-state index < -0.39 is 0 Å². The van der Waals surface area contributed by atoms with Crippen molar-refractivity contribution in [2.75, 3.05) is 11.9 Å². The van der Waals surface area contributed by atoms with Crippen molar-refractivity contribution in [2.24, 2.45) is 0 Å². The third kappa shape index (κ3) is 1.49. The summed E-state index contributed by atoms with van der Waals surface area (Å²) in [7, 11) is 0. The van der Waals surface area contributed by atoms with Crippen LogP contribution in [-0.2, 0) is 0 Å². The molecule has 0 bridgehead atoms. The number of thiophene rings is 1. The molecule has 2 nitrogen and oxygen atoms in total. The van der Waals surface area contributed by atoms with Crippen LogP contribution in [0.5, 0.6) is 0 Å². The maximum atomic E-state index is 5.16. The van der Waals surface area contributed by atoms with Crippen molar-refractivity contribution in [1.82, 2.24) is 4.98 Å². The van der Waals surface area contributed by atoms with Crippen LogP contribution in [0.4, 0.5) is 5.82 Å². The van der Waals surface area contributed by atoms with Crippen molar-refractivity contribution in [3.63, 3.8) is 0 Å². The standard InChI is InChI=1S/C10H8N2S/c1-2-5-11-10-8-4-7-13-9(8)3-6-12-10/h1,3-4,6-7H,5H2,(H,11,12). The van der Waals surface area contributed by atoms with Gasteiger partial charge < -0.3 is 5.32 Å². The molecule has 0 spiro atoms. The molecule has 0 aliphatic rings. The molecule has 0 saturated heterocycles. The topological polar surface area (TPSA) is 24.9 Å². The number of pyridine rings is 1. The second kappa shape index (κ2) is 3.46. The molecule has 0 aliphatic carbocycles. The van der Waals surface area contributed by atoms with Crippen LogP contribution in [0.2, 0.25) is 0 Å². The Labute approximate surface area is 80.6 Å². The minimum atomic E-state index is 0.516. The molecule has 0 radical (unpaired) electrons. The van der Waals surface area contributed by atoms with Gasteiger partial charge in [0, 0.05) is 16.3 Å². The average Bonchev–Trinajstić information content (AvgIpc) is 2.62. The number of anilines is 1. The lowest BCUT2D eigenvalue weighted by Gasteiger charge is -2.01. The van der Waals surface area contributed by atoms with Gasteiger partial charge in [-0.15, -0.1) is 17.8 Å². The molecule has 0 unspecified atom stereocenters. The fraction of sp³-hybridized carbons (Fsp3) is 0.100. The number of hydrogen-bond acceptors (Lipinski definition) is 3. The summed E-state index contributed by atoms with van der Waals surface area (Å²) in [4.78, 5) is 4.22. The van der Waals surface area contributed by atoms with Crippen molar-refractivity contribution in [3.8, 4) is 12.3 Å². The van der Waals surface area contributed by atoms with E-state index in [1.165, 1.54) is 4.70 Å². The molecule has 0 amide bonds. The Bertz CT molecular complexity index is 453. The summed E-state index contributed by atoms with van der Waals surface area (Å²) in [6.07, 6.45) is 6.95. The first-order valence-corrected chi connectivity index (χ1v) is 4.79. The molecule has 0 saturated carbocycles. The van der Waals surface area contributed by atoms with Crippen LogP contribution in [0, 0.1) is 12.3 Å². The number of hydrogen-bond donors (Lipinski definition) is 1. The normalized spacial score (nSPS) is 9.77. The first-order valence-electron chi connectivity index (χ1n) is 3.91. The van der Waals surface area contributed by atoms with E-state index in [1.807, 2.05) is 17.5 Å². The maximum absolute atomic E-state index is 5.16. The van der Waals surface area contributed by atoms with Crippen LogP contribution in [0.1, 0.15) is 0 Å². The van der Waals surface area contributed by atoms with Gasteiger partial charge in [0.25, 0.3) is 0 Å². The number of terminal acetylenes is 1. The summed E-state index contributed by atoms with van der Waals surface area (Å²) >= 11 is 1.70. The number of aromatic nitrogens is 1. The van der Waals surface area contributed by atoms with E-state index in [1.54, 1.807) is 17.5 Å². The maximum Gasteiger partial charge on any atom is 0.135 e. The van der Waals surface area contributed by atoms with E-state index in [-0.39, 0.29) is 0 Å². The van der Waals surface area contributed by atoms with Gasteiger partial charge >= 0.3 is 0 Å². The zero-order valence-corrected chi connectivity index (χ0v) is 7.77. The van der Waals surface area contributed by atoms with Crippen molar-refractivity contribution in [2.45, 2.75) is 0 Å². The van der Waals surface area contributed by atoms with Crippen molar-refractivity contribution in [3.05, 3.63) is 23.7 Å². The second-order valence-electron chi connectivity index (χ2n) is 2.55. The average molecular weight is 188 g/mol. The summed E-state index contributed by atoms with van der Waals surface area (Å²) in [5, 5.41) is 6.27. The highest BCUT2D eigenvalue weighted by Crippen LogP contribution is 2.25. The molecular weight excluding hydrogens is 180 g/mol. The van der Waals surface area contributed by atoms with Crippen LogP contribution in [0.15, 0.2) is 23.7 Å². The molecule has 3 heteroatoms. The molecule has 0 aromatic carbocycles. The lowest BCUT2D eigenvalue weighted by Crippen LogP contribution is -2.00. The van der Waals surface area contributed by atoms with Crippen LogP contribution in [0.25, 0.3) is 10.1 Å². The van der Waals surface area contributed by atoms with E-state index in [0.29, 0.717) is 6.54 Å². The van der Waals surface area contributed by atoms with E-state index in [4.69, 9.17) is 6.42 Å². The minimum absolute atomic E-state index is 0.516. The van der Waals surface area contributed by atoms with Gasteiger partial charge in [0.05, 0.1) is 6.54 Å². The van der Waals surface area contributed by atoms with Gasteiger partial charge in [0.15, 0.2) is 0 Å². The van der Waals surface area contributed by atoms with Crippen LogP contribution < -0.4 is 5.32 Å². The molecule has 0 aliphatic heterocycles. The van der Waals surface area contributed by atoms with E-state index >= 15 is 0 Å². The molecule has 0 fully saturated rings. The SMILES string of the molecule is C#CCNc1nccc2sccc12. The van der Waals surface area contributed by atoms with Gasteiger partial charge in [-0.3, -0.25) is 0 Å². The summed E-state index contributed by atoms with van der Waals surface area (Å²) in [5.41, 5.74) is 0. The number of nitrogens with one attached hydrogen (secondary N) is 1. The Morgan fingerprint density at radius 2 is 2.46 bits per heavy atom. The lowest BCUT2D eigenvalue weighted by atomic mass is 10.3. The van der Waals surface area contributed by atoms with Crippen LogP contribution >= 0.6 is 11.3 Å². The number of nitrogens with zero attached hydrogens (tertiary/aromatic N) is 1. The second-order valence-corrected chi connectivity index (χ2v) is 3.50. The summed E-state index contributed by atoms with van der Waals surface area (Å²) in [5.74, 6) is 3.40. The molecule has 13 heavy (non-hydrogen) atoms. The van der Waals surface area contributed by atoms with Gasteiger partial charge in [0.1, 0.15) is 5.82 Å². The first-order chi connectivity index (χ1) is 6.42. The van der Waals surface area contributed by atoms with Crippen LogP contribution in [-0.4, -0.2) is 11.5 Å². The zero-order chi connectivity index (χ0) is 9.10. The molecular formula is C10H8N2S. The Hall–Kier alpha value is -1.53. The van der Waals surface area contributed by atoms with Crippen molar-refractivity contribution >= 4 is 27.2 Å². The monoisotopic (exact) mass is 188 g/mol. The van der Waals surface area contributed by atoms with Crippen molar-refractivity contribution < 1.29 is 0 Å². The molecule has 2 aromatic rings. The lowest BCUT2D eigenvalue weighted by molar-refractivity contribution is 1.27. The van der Waals surface area contributed by atoms with E-state index in [9.17, 15) is 0 Å². The third-order valence-corrected chi connectivity index (χ3v) is 2.62. The highest BCUT2D eigenvalue weighted by atomic mass is 32.1. The van der Waals surface area contributed by atoms with Gasteiger partial charge in [-0.1, -0.05) is 5.92 Å². The Kier molecular flexibility index (Phi) is 2.15. The third-order valence-electron chi connectivity index (χ3n) is 1.74. The smallest absolute Gasteiger partial charge is 0.135 e. The summed E-state index contributed by atoms with van der Waals surface area (Å²) in [6, 6.07) is 4.05. The molecule has 2 heterocycles.